The van der Waals surface area contributed by atoms with Crippen LogP contribution in [0.1, 0.15) is 13.3 Å². The summed E-state index contributed by atoms with van der Waals surface area (Å²) in [5.74, 6) is -0.930. The van der Waals surface area contributed by atoms with Gasteiger partial charge in [-0.2, -0.15) is 0 Å². The number of carbonyl (C=O) groups excluding carboxylic acids is 2. The Morgan fingerprint density at radius 1 is 1.30 bits per heavy atom. The van der Waals surface area contributed by atoms with Crippen molar-refractivity contribution in [1.82, 2.24) is 0 Å². The smallest absolute Gasteiger partial charge is 0.234 e. The molecule has 0 aliphatic carbocycles. The first kappa shape index (κ1) is 19.4. The van der Waals surface area contributed by atoms with Crippen LogP contribution in [0.2, 0.25) is 0 Å². The van der Waals surface area contributed by atoms with Gasteiger partial charge in [0.1, 0.15) is 5.82 Å². The first-order valence-corrected chi connectivity index (χ1v) is 10.6. The van der Waals surface area contributed by atoms with Crippen molar-refractivity contribution in [3.63, 3.8) is 0 Å². The molecule has 0 saturated carbocycles. The van der Waals surface area contributed by atoms with E-state index >= 15 is 0 Å². The van der Waals surface area contributed by atoms with Crippen LogP contribution in [0.15, 0.2) is 52.3 Å². The fourth-order valence-electron chi connectivity index (χ4n) is 2.62. The maximum Gasteiger partial charge on any atom is 0.234 e. The molecule has 2 amide bonds. The highest BCUT2D eigenvalue weighted by Crippen LogP contribution is 2.34. The molecule has 142 valence electrons. The SMILES string of the molecule is CC(CC(=O)Nc1cccc(F)c1)S(=O)(=O)c1ccc2c(c1)NC(=O)CS2. The Kier molecular flexibility index (Phi) is 5.52. The summed E-state index contributed by atoms with van der Waals surface area (Å²) in [6, 6.07) is 9.90. The third-order valence-electron chi connectivity index (χ3n) is 4.02. The zero-order valence-electron chi connectivity index (χ0n) is 14.4. The van der Waals surface area contributed by atoms with Gasteiger partial charge in [0.15, 0.2) is 9.84 Å². The summed E-state index contributed by atoms with van der Waals surface area (Å²) in [4.78, 5) is 24.5. The maximum absolute atomic E-state index is 13.2. The van der Waals surface area contributed by atoms with Crippen LogP contribution >= 0.6 is 11.8 Å². The summed E-state index contributed by atoms with van der Waals surface area (Å²) in [7, 11) is -3.78. The summed E-state index contributed by atoms with van der Waals surface area (Å²) in [5, 5.41) is 4.15. The third-order valence-corrected chi connectivity index (χ3v) is 7.23. The van der Waals surface area contributed by atoms with Crippen LogP contribution < -0.4 is 10.6 Å². The number of amides is 2. The standard InChI is InChI=1S/C18H17FN2O4S2/c1-11(7-17(22)20-13-4-2-3-12(19)8-13)27(24,25)14-5-6-16-15(9-14)21-18(23)10-26-16/h2-6,8-9,11H,7,10H2,1H3,(H,20,22)(H,21,23). The van der Waals surface area contributed by atoms with Crippen LogP contribution in [0.25, 0.3) is 0 Å². The molecule has 1 heterocycles. The zero-order chi connectivity index (χ0) is 19.6. The average Bonchev–Trinajstić information content (AvgIpc) is 2.60. The van der Waals surface area contributed by atoms with E-state index in [1.165, 1.54) is 49.0 Å². The van der Waals surface area contributed by atoms with Crippen LogP contribution in [0.5, 0.6) is 0 Å². The van der Waals surface area contributed by atoms with E-state index in [0.29, 0.717) is 5.69 Å². The fraction of sp³-hybridized carbons (Fsp3) is 0.222. The van der Waals surface area contributed by atoms with Crippen molar-refractivity contribution in [3.8, 4) is 0 Å². The molecule has 2 aromatic rings. The molecule has 1 aliphatic rings. The predicted molar refractivity (Wildman–Crippen MR) is 102 cm³/mol. The minimum absolute atomic E-state index is 0.0371. The Labute approximate surface area is 160 Å². The molecule has 0 spiro atoms. The van der Waals surface area contributed by atoms with Crippen molar-refractivity contribution in [2.45, 2.75) is 28.4 Å². The molecule has 0 fully saturated rings. The molecule has 0 aromatic heterocycles. The van der Waals surface area contributed by atoms with Crippen LogP contribution in [-0.4, -0.2) is 31.2 Å². The molecular formula is C18H17FN2O4S2. The van der Waals surface area contributed by atoms with Crippen molar-refractivity contribution >= 4 is 44.8 Å². The average molecular weight is 408 g/mol. The number of hydrogen-bond donors (Lipinski definition) is 2. The topological polar surface area (TPSA) is 92.3 Å². The molecule has 27 heavy (non-hydrogen) atoms. The van der Waals surface area contributed by atoms with E-state index < -0.39 is 26.8 Å². The van der Waals surface area contributed by atoms with Crippen LogP contribution in [0.3, 0.4) is 0 Å². The van der Waals surface area contributed by atoms with Gasteiger partial charge in [0.25, 0.3) is 0 Å². The Morgan fingerprint density at radius 3 is 2.81 bits per heavy atom. The number of anilines is 2. The van der Waals surface area contributed by atoms with Gasteiger partial charge in [-0.05, 0) is 43.3 Å². The van der Waals surface area contributed by atoms with Crippen molar-refractivity contribution in [2.75, 3.05) is 16.4 Å². The number of sulfone groups is 1. The monoisotopic (exact) mass is 408 g/mol. The third kappa shape index (κ3) is 4.48. The number of halogens is 1. The number of hydrogen-bond acceptors (Lipinski definition) is 5. The predicted octanol–water partition coefficient (Wildman–Crippen LogP) is 3.06. The van der Waals surface area contributed by atoms with E-state index in [-0.39, 0.29) is 28.7 Å². The molecule has 3 rings (SSSR count). The van der Waals surface area contributed by atoms with Crippen molar-refractivity contribution in [2.24, 2.45) is 0 Å². The lowest BCUT2D eigenvalue weighted by Gasteiger charge is -2.18. The Balaban J connectivity index is 1.73. The molecule has 1 unspecified atom stereocenters. The second-order valence-corrected chi connectivity index (χ2v) is 9.50. The van der Waals surface area contributed by atoms with Gasteiger partial charge in [0.2, 0.25) is 11.8 Å². The first-order valence-electron chi connectivity index (χ1n) is 8.12. The van der Waals surface area contributed by atoms with E-state index in [1.54, 1.807) is 6.07 Å². The largest absolute Gasteiger partial charge is 0.326 e. The maximum atomic E-state index is 13.2. The van der Waals surface area contributed by atoms with Gasteiger partial charge in [-0.1, -0.05) is 6.07 Å². The molecule has 0 bridgehead atoms. The normalized spacial score (nSPS) is 14.8. The summed E-state index contributed by atoms with van der Waals surface area (Å²) >= 11 is 1.34. The highest BCUT2D eigenvalue weighted by molar-refractivity contribution is 8.00. The van der Waals surface area contributed by atoms with E-state index in [4.69, 9.17) is 0 Å². The number of fused-ring (bicyclic) bond motifs is 1. The minimum atomic E-state index is -3.78. The summed E-state index contributed by atoms with van der Waals surface area (Å²) in [5.41, 5.74) is 0.715. The van der Waals surface area contributed by atoms with Gasteiger partial charge < -0.3 is 10.6 Å². The van der Waals surface area contributed by atoms with E-state index in [9.17, 15) is 22.4 Å². The number of thioether (sulfide) groups is 1. The highest BCUT2D eigenvalue weighted by atomic mass is 32.2. The first-order chi connectivity index (χ1) is 12.8. The van der Waals surface area contributed by atoms with Gasteiger partial charge in [-0.15, -0.1) is 11.8 Å². The Hall–Kier alpha value is -2.39. The summed E-state index contributed by atoms with van der Waals surface area (Å²) < 4.78 is 38.7. The van der Waals surface area contributed by atoms with Crippen molar-refractivity contribution in [3.05, 3.63) is 48.3 Å². The molecule has 2 N–H and O–H groups in total. The quantitative estimate of drug-likeness (QED) is 0.793. The summed E-state index contributed by atoms with van der Waals surface area (Å²) in [6.45, 7) is 1.44. The molecule has 1 aliphatic heterocycles. The number of benzene rings is 2. The molecule has 6 nitrogen and oxygen atoms in total. The molecule has 0 radical (unpaired) electrons. The van der Waals surface area contributed by atoms with Crippen LogP contribution in [0, 0.1) is 5.82 Å². The van der Waals surface area contributed by atoms with Gasteiger partial charge in [-0.25, -0.2) is 12.8 Å². The molecule has 2 aromatic carbocycles. The lowest BCUT2D eigenvalue weighted by Crippen LogP contribution is -2.25. The molecule has 9 heteroatoms. The second-order valence-electron chi connectivity index (χ2n) is 6.11. The summed E-state index contributed by atoms with van der Waals surface area (Å²) in [6.07, 6.45) is -0.281. The second kappa shape index (κ2) is 7.69. The molecular weight excluding hydrogens is 391 g/mol. The van der Waals surface area contributed by atoms with Crippen molar-refractivity contribution in [1.29, 1.82) is 0 Å². The van der Waals surface area contributed by atoms with Crippen LogP contribution in [-0.2, 0) is 19.4 Å². The van der Waals surface area contributed by atoms with E-state index in [0.717, 1.165) is 11.0 Å². The number of carbonyl (C=O) groups is 2. The Bertz CT molecular complexity index is 1010. The highest BCUT2D eigenvalue weighted by Gasteiger charge is 2.27. The number of rotatable bonds is 5. The van der Waals surface area contributed by atoms with Gasteiger partial charge >= 0.3 is 0 Å². The lowest BCUT2D eigenvalue weighted by atomic mass is 10.2. The van der Waals surface area contributed by atoms with Gasteiger partial charge in [0, 0.05) is 17.0 Å². The molecule has 1 atom stereocenters. The van der Waals surface area contributed by atoms with Crippen molar-refractivity contribution < 1.29 is 22.4 Å². The van der Waals surface area contributed by atoms with E-state index in [2.05, 4.69) is 10.6 Å². The van der Waals surface area contributed by atoms with Gasteiger partial charge in [0.05, 0.1) is 21.6 Å². The number of nitrogens with one attached hydrogen (secondary N) is 2. The van der Waals surface area contributed by atoms with Crippen LogP contribution in [0.4, 0.5) is 15.8 Å². The van der Waals surface area contributed by atoms with E-state index in [1.807, 2.05) is 0 Å². The Morgan fingerprint density at radius 2 is 2.07 bits per heavy atom. The lowest BCUT2D eigenvalue weighted by molar-refractivity contribution is -0.116. The minimum Gasteiger partial charge on any atom is -0.326 e. The van der Waals surface area contributed by atoms with Gasteiger partial charge in [-0.3, -0.25) is 9.59 Å². The zero-order valence-corrected chi connectivity index (χ0v) is 16.0. The molecule has 0 saturated heterocycles. The fourth-order valence-corrected chi connectivity index (χ4v) is 4.78.